The van der Waals surface area contributed by atoms with E-state index < -0.39 is 8.32 Å². The van der Waals surface area contributed by atoms with E-state index in [-0.39, 0.29) is 41.1 Å². The molecule has 4 heterocycles. The van der Waals surface area contributed by atoms with Gasteiger partial charge in [-0.25, -0.2) is 15.0 Å². The lowest BCUT2D eigenvalue weighted by molar-refractivity contribution is -0.170. The summed E-state index contributed by atoms with van der Waals surface area (Å²) in [4.78, 5) is 38.8. The Labute approximate surface area is 245 Å². The van der Waals surface area contributed by atoms with Crippen molar-refractivity contribution < 1.29 is 18.8 Å². The molecule has 0 aliphatic carbocycles. The van der Waals surface area contributed by atoms with E-state index >= 15 is 0 Å². The first kappa shape index (κ1) is 29.1. The van der Waals surface area contributed by atoms with Crippen LogP contribution in [-0.2, 0) is 20.4 Å². The van der Waals surface area contributed by atoms with E-state index in [1.54, 1.807) is 42.6 Å². The first-order chi connectivity index (χ1) is 19.4. The lowest BCUT2D eigenvalue weighted by Crippen LogP contribution is -2.46. The summed E-state index contributed by atoms with van der Waals surface area (Å²) in [5, 5.41) is 4.30. The number of carbonyl (C=O) groups excluding carboxylic acids is 2. The van der Waals surface area contributed by atoms with Crippen molar-refractivity contribution in [2.45, 2.75) is 51.6 Å². The number of ether oxygens (including phenoxy) is 1. The van der Waals surface area contributed by atoms with Crippen LogP contribution in [0.4, 0.5) is 5.82 Å². The molecule has 1 saturated heterocycles. The number of hydrogen-bond acceptors (Lipinski definition) is 7. The Morgan fingerprint density at radius 2 is 1.85 bits per heavy atom. The molecule has 1 N–H and O–H groups in total. The third kappa shape index (κ3) is 6.41. The molecule has 4 aromatic rings. The largest absolute Gasteiger partial charge is 0.416 e. The summed E-state index contributed by atoms with van der Waals surface area (Å²) in [7, 11) is -1.88. The number of benzene rings is 1. The molecule has 1 aliphatic heterocycles. The van der Waals surface area contributed by atoms with Crippen molar-refractivity contribution in [1.82, 2.24) is 19.5 Å². The van der Waals surface area contributed by atoms with Gasteiger partial charge in [0.05, 0.1) is 13.0 Å². The minimum absolute atomic E-state index is 0.0622. The number of anilines is 1. The summed E-state index contributed by atoms with van der Waals surface area (Å²) in [6, 6.07) is 12.2. The zero-order valence-electron chi connectivity index (χ0n) is 23.8. The van der Waals surface area contributed by atoms with Gasteiger partial charge in [0.1, 0.15) is 17.7 Å². The molecule has 1 amide bonds. The SMILES string of the molecule is CC(C)(C)[Si](C)(C)OCC1COC1n1ccc2cnc(C(=O)c3ccc(NC(=O)Cc4ccc(Cl)cc4)nc3)nc21. The number of rotatable bonds is 9. The average Bonchev–Trinajstić information content (AvgIpc) is 3.31. The quantitative estimate of drug-likeness (QED) is 0.186. The predicted octanol–water partition coefficient (Wildman–Crippen LogP) is 6.06. The molecule has 11 heteroatoms. The van der Waals surface area contributed by atoms with Gasteiger partial charge < -0.3 is 19.0 Å². The number of nitrogens with one attached hydrogen (secondary N) is 1. The van der Waals surface area contributed by atoms with E-state index in [0.29, 0.717) is 35.3 Å². The summed E-state index contributed by atoms with van der Waals surface area (Å²) < 4.78 is 14.3. The number of amides is 1. The lowest BCUT2D eigenvalue weighted by Gasteiger charge is -2.42. The Morgan fingerprint density at radius 1 is 1.10 bits per heavy atom. The summed E-state index contributed by atoms with van der Waals surface area (Å²) in [6.45, 7) is 12.4. The van der Waals surface area contributed by atoms with Crippen molar-refractivity contribution in [2.75, 3.05) is 18.5 Å². The number of hydrogen-bond donors (Lipinski definition) is 1. The zero-order chi connectivity index (χ0) is 29.4. The van der Waals surface area contributed by atoms with Gasteiger partial charge >= 0.3 is 0 Å². The Morgan fingerprint density at radius 3 is 2.49 bits per heavy atom. The molecule has 214 valence electrons. The average molecular weight is 592 g/mol. The lowest BCUT2D eigenvalue weighted by atomic mass is 10.1. The summed E-state index contributed by atoms with van der Waals surface area (Å²) in [5.74, 6) is 0.0183. The van der Waals surface area contributed by atoms with Crippen molar-refractivity contribution in [2.24, 2.45) is 5.92 Å². The third-order valence-electron chi connectivity index (χ3n) is 7.85. The maximum atomic E-state index is 13.2. The Balaban J connectivity index is 1.25. The molecule has 0 radical (unpaired) electrons. The molecule has 3 aromatic heterocycles. The van der Waals surface area contributed by atoms with Gasteiger partial charge in [0.25, 0.3) is 0 Å². The van der Waals surface area contributed by atoms with Crippen LogP contribution in [0, 0.1) is 5.92 Å². The van der Waals surface area contributed by atoms with Crippen LogP contribution in [0.2, 0.25) is 23.2 Å². The molecule has 41 heavy (non-hydrogen) atoms. The summed E-state index contributed by atoms with van der Waals surface area (Å²) >= 11 is 5.90. The molecule has 9 nitrogen and oxygen atoms in total. The minimum Gasteiger partial charge on any atom is -0.416 e. The van der Waals surface area contributed by atoms with Gasteiger partial charge in [-0.2, -0.15) is 0 Å². The number of ketones is 1. The van der Waals surface area contributed by atoms with Crippen molar-refractivity contribution in [3.8, 4) is 0 Å². The fourth-order valence-corrected chi connectivity index (χ4v) is 5.44. The van der Waals surface area contributed by atoms with Crippen LogP contribution >= 0.6 is 11.6 Å². The Bertz CT molecular complexity index is 1560. The van der Waals surface area contributed by atoms with Gasteiger partial charge in [-0.05, 0) is 54.0 Å². The van der Waals surface area contributed by atoms with E-state index in [1.807, 2.05) is 16.8 Å². The summed E-state index contributed by atoms with van der Waals surface area (Å²) in [6.07, 6.45) is 4.94. The Kier molecular flexibility index (Phi) is 8.11. The van der Waals surface area contributed by atoms with Crippen LogP contribution in [0.3, 0.4) is 0 Å². The molecule has 1 aromatic carbocycles. The van der Waals surface area contributed by atoms with Gasteiger partial charge in [0.2, 0.25) is 17.5 Å². The minimum atomic E-state index is -1.88. The maximum absolute atomic E-state index is 13.2. The molecule has 2 atom stereocenters. The van der Waals surface area contributed by atoms with Crippen molar-refractivity contribution >= 4 is 48.5 Å². The highest BCUT2D eigenvalue weighted by Gasteiger charge is 2.41. The number of pyridine rings is 1. The second-order valence-corrected chi connectivity index (χ2v) is 17.1. The molecule has 0 saturated carbocycles. The van der Waals surface area contributed by atoms with E-state index in [4.69, 9.17) is 20.8 Å². The first-order valence-corrected chi connectivity index (χ1v) is 16.8. The van der Waals surface area contributed by atoms with Crippen LogP contribution in [0.15, 0.2) is 61.1 Å². The third-order valence-corrected chi connectivity index (χ3v) is 12.6. The van der Waals surface area contributed by atoms with E-state index in [0.717, 1.165) is 10.9 Å². The fraction of sp³-hybridized carbons (Fsp3) is 0.367. The van der Waals surface area contributed by atoms with Gasteiger partial charge in [0, 0.05) is 47.1 Å². The normalized spacial score (nSPS) is 17.3. The van der Waals surface area contributed by atoms with Gasteiger partial charge in [-0.3, -0.25) is 9.59 Å². The molecular formula is C30H34ClN5O4Si. The molecule has 5 rings (SSSR count). The summed E-state index contributed by atoms with van der Waals surface area (Å²) in [5.41, 5.74) is 1.78. The smallest absolute Gasteiger partial charge is 0.231 e. The number of carbonyl (C=O) groups is 2. The highest BCUT2D eigenvalue weighted by atomic mass is 35.5. The van der Waals surface area contributed by atoms with Gasteiger partial charge in [-0.15, -0.1) is 0 Å². The molecule has 1 fully saturated rings. The monoisotopic (exact) mass is 591 g/mol. The predicted molar refractivity (Wildman–Crippen MR) is 161 cm³/mol. The van der Waals surface area contributed by atoms with Gasteiger partial charge in [-0.1, -0.05) is 44.5 Å². The second kappa shape index (κ2) is 11.4. The molecule has 1 aliphatic rings. The van der Waals surface area contributed by atoms with E-state index in [1.165, 1.54) is 6.20 Å². The number of halogens is 1. The number of aromatic nitrogens is 4. The molecule has 0 spiro atoms. The van der Waals surface area contributed by atoms with E-state index in [2.05, 4.69) is 54.1 Å². The number of fused-ring (bicyclic) bond motifs is 1. The van der Waals surface area contributed by atoms with Crippen LogP contribution in [0.1, 0.15) is 48.7 Å². The highest BCUT2D eigenvalue weighted by Crippen LogP contribution is 2.39. The van der Waals surface area contributed by atoms with Crippen LogP contribution in [0.25, 0.3) is 11.0 Å². The first-order valence-electron chi connectivity index (χ1n) is 13.6. The highest BCUT2D eigenvalue weighted by molar-refractivity contribution is 6.74. The fourth-order valence-electron chi connectivity index (χ4n) is 4.25. The topological polar surface area (TPSA) is 108 Å². The van der Waals surface area contributed by atoms with Crippen molar-refractivity contribution in [1.29, 1.82) is 0 Å². The van der Waals surface area contributed by atoms with E-state index in [9.17, 15) is 9.59 Å². The zero-order valence-corrected chi connectivity index (χ0v) is 25.6. The van der Waals surface area contributed by atoms with Crippen LogP contribution < -0.4 is 5.32 Å². The molecule has 2 unspecified atom stereocenters. The second-order valence-electron chi connectivity index (χ2n) is 11.9. The number of nitrogens with zero attached hydrogens (tertiary/aromatic N) is 4. The van der Waals surface area contributed by atoms with Crippen LogP contribution in [-0.4, -0.2) is 52.7 Å². The maximum Gasteiger partial charge on any atom is 0.231 e. The van der Waals surface area contributed by atoms with Crippen molar-refractivity contribution in [3.05, 3.63) is 83.0 Å². The van der Waals surface area contributed by atoms with Crippen molar-refractivity contribution in [3.63, 3.8) is 0 Å². The van der Waals surface area contributed by atoms with Crippen LogP contribution in [0.5, 0.6) is 0 Å². The molecule has 0 bridgehead atoms. The Hall–Kier alpha value is -3.44. The molecular weight excluding hydrogens is 558 g/mol. The standard InChI is InChI=1S/C30H34ClN5O4Si/c1-30(2,3)41(4,5)40-18-22-17-39-29(22)36-13-12-21-16-33-27(35-28(21)36)26(38)20-8-11-24(32-15-20)34-25(37)14-19-6-9-23(31)10-7-19/h6-13,15-16,22,29H,14,17-18H2,1-5H3,(H,32,34,37). The van der Waals surface area contributed by atoms with Gasteiger partial charge in [0.15, 0.2) is 8.32 Å².